The van der Waals surface area contributed by atoms with Crippen LogP contribution in [0.4, 0.5) is 0 Å². The molecule has 2 aromatic rings. The van der Waals surface area contributed by atoms with Crippen LogP contribution < -0.4 is 10.5 Å². The second-order valence-corrected chi connectivity index (χ2v) is 5.50. The first-order valence-corrected chi connectivity index (χ1v) is 6.86. The highest BCUT2D eigenvalue weighted by Crippen LogP contribution is 2.35. The van der Waals surface area contributed by atoms with Crippen molar-refractivity contribution in [2.24, 2.45) is 5.73 Å². The van der Waals surface area contributed by atoms with Gasteiger partial charge in [0.1, 0.15) is 11.9 Å². The van der Waals surface area contributed by atoms with Gasteiger partial charge in [-0.25, -0.2) is 0 Å². The normalized spacial score (nSPS) is 18.8. The molecule has 1 aliphatic heterocycles. The number of halogens is 2. The molecule has 19 heavy (non-hydrogen) atoms. The number of nitrogens with two attached hydrogens (primary N) is 1. The van der Waals surface area contributed by atoms with Crippen molar-refractivity contribution >= 4 is 23.2 Å². The fraction of sp³-hybridized carbons (Fsp3) is 0.200. The van der Waals surface area contributed by atoms with Crippen molar-refractivity contribution in [2.75, 3.05) is 0 Å². The maximum absolute atomic E-state index is 6.28. The third-order valence-corrected chi connectivity index (χ3v) is 3.96. The van der Waals surface area contributed by atoms with Crippen LogP contribution in [-0.2, 0) is 6.42 Å². The zero-order valence-electron chi connectivity index (χ0n) is 10.1. The topological polar surface area (TPSA) is 35.2 Å². The van der Waals surface area contributed by atoms with Crippen LogP contribution in [-0.4, -0.2) is 6.10 Å². The van der Waals surface area contributed by atoms with E-state index in [-0.39, 0.29) is 12.1 Å². The Morgan fingerprint density at radius 2 is 1.95 bits per heavy atom. The van der Waals surface area contributed by atoms with Gasteiger partial charge in [-0.15, -0.1) is 0 Å². The Balaban J connectivity index is 1.85. The maximum atomic E-state index is 6.28. The van der Waals surface area contributed by atoms with E-state index in [1.54, 1.807) is 12.1 Å². The Kier molecular flexibility index (Phi) is 3.40. The van der Waals surface area contributed by atoms with Gasteiger partial charge in [0.05, 0.1) is 6.04 Å². The fourth-order valence-corrected chi connectivity index (χ4v) is 2.92. The zero-order chi connectivity index (χ0) is 13.4. The molecule has 98 valence electrons. The van der Waals surface area contributed by atoms with Crippen LogP contribution in [0, 0.1) is 0 Å². The molecule has 0 aliphatic carbocycles. The molecular weight excluding hydrogens is 281 g/mol. The van der Waals surface area contributed by atoms with E-state index in [1.807, 2.05) is 24.3 Å². The quantitative estimate of drug-likeness (QED) is 0.908. The molecule has 0 aromatic heterocycles. The van der Waals surface area contributed by atoms with Gasteiger partial charge >= 0.3 is 0 Å². The van der Waals surface area contributed by atoms with Gasteiger partial charge in [0.15, 0.2) is 0 Å². The molecule has 2 nitrogen and oxygen atoms in total. The van der Waals surface area contributed by atoms with Gasteiger partial charge in [-0.1, -0.05) is 47.5 Å². The summed E-state index contributed by atoms with van der Waals surface area (Å²) in [6.07, 6.45) is 0.715. The summed E-state index contributed by atoms with van der Waals surface area (Å²) in [7, 11) is 0. The predicted octanol–water partition coefficient (Wildman–Crippen LogP) is 4.00. The highest BCUT2D eigenvalue weighted by molar-refractivity contribution is 6.35. The predicted molar refractivity (Wildman–Crippen MR) is 78.0 cm³/mol. The number of rotatable bonds is 2. The minimum Gasteiger partial charge on any atom is -0.488 e. The monoisotopic (exact) mass is 293 g/mol. The number of para-hydroxylation sites is 1. The molecule has 4 heteroatoms. The SMILES string of the molecule is NC(c1ccc(Cl)cc1Cl)C1Cc2ccccc2O1. The zero-order valence-corrected chi connectivity index (χ0v) is 11.7. The second kappa shape index (κ2) is 5.04. The van der Waals surface area contributed by atoms with E-state index in [4.69, 9.17) is 33.7 Å². The third-order valence-electron chi connectivity index (χ3n) is 3.39. The fourth-order valence-electron chi connectivity index (χ4n) is 2.38. The van der Waals surface area contributed by atoms with Crippen molar-refractivity contribution in [3.05, 3.63) is 63.6 Å². The molecule has 1 heterocycles. The van der Waals surface area contributed by atoms with Gasteiger partial charge < -0.3 is 10.5 Å². The Bertz CT molecular complexity index is 590. The highest BCUT2D eigenvalue weighted by Gasteiger charge is 2.29. The molecule has 0 radical (unpaired) electrons. The Hall–Kier alpha value is -1.22. The Labute approximate surface area is 122 Å². The molecule has 0 fully saturated rings. The minimum absolute atomic E-state index is 0.0870. The molecule has 1 aliphatic rings. The van der Waals surface area contributed by atoms with Crippen molar-refractivity contribution in [1.82, 2.24) is 0 Å². The largest absolute Gasteiger partial charge is 0.488 e. The van der Waals surface area contributed by atoms with Crippen LogP contribution in [0.2, 0.25) is 10.0 Å². The smallest absolute Gasteiger partial charge is 0.123 e. The summed E-state index contributed by atoms with van der Waals surface area (Å²) < 4.78 is 5.89. The standard InChI is InChI=1S/C15H13Cl2NO/c16-10-5-6-11(12(17)8-10)15(18)14-7-9-3-1-2-4-13(9)19-14/h1-6,8,14-15H,7,18H2. The van der Waals surface area contributed by atoms with E-state index >= 15 is 0 Å². The summed E-state index contributed by atoms with van der Waals surface area (Å²) in [6.45, 7) is 0. The summed E-state index contributed by atoms with van der Waals surface area (Å²) >= 11 is 12.1. The lowest BCUT2D eigenvalue weighted by Crippen LogP contribution is -2.30. The van der Waals surface area contributed by atoms with Gasteiger partial charge in [-0.3, -0.25) is 0 Å². The van der Waals surface area contributed by atoms with E-state index < -0.39 is 0 Å². The lowest BCUT2D eigenvalue weighted by Gasteiger charge is -2.20. The highest BCUT2D eigenvalue weighted by atomic mass is 35.5. The van der Waals surface area contributed by atoms with Crippen molar-refractivity contribution < 1.29 is 4.74 Å². The lowest BCUT2D eigenvalue weighted by atomic mass is 9.98. The molecule has 2 unspecified atom stereocenters. The second-order valence-electron chi connectivity index (χ2n) is 4.66. The van der Waals surface area contributed by atoms with Crippen LogP contribution in [0.1, 0.15) is 17.2 Å². The summed E-state index contributed by atoms with van der Waals surface area (Å²) in [5, 5.41) is 1.19. The van der Waals surface area contributed by atoms with E-state index in [1.165, 1.54) is 5.56 Å². The van der Waals surface area contributed by atoms with Gasteiger partial charge in [-0.2, -0.15) is 0 Å². The molecule has 0 spiro atoms. The average molecular weight is 294 g/mol. The first-order chi connectivity index (χ1) is 9.15. The molecule has 0 amide bonds. The molecule has 2 aromatic carbocycles. The van der Waals surface area contributed by atoms with Gasteiger partial charge in [0.2, 0.25) is 0 Å². The van der Waals surface area contributed by atoms with Crippen molar-refractivity contribution in [3.8, 4) is 5.75 Å². The maximum Gasteiger partial charge on any atom is 0.123 e. The molecule has 0 saturated heterocycles. The first-order valence-electron chi connectivity index (χ1n) is 6.10. The first kappa shape index (κ1) is 12.8. The molecule has 0 saturated carbocycles. The molecule has 3 rings (SSSR count). The van der Waals surface area contributed by atoms with E-state index in [0.29, 0.717) is 10.0 Å². The third kappa shape index (κ3) is 2.44. The van der Waals surface area contributed by atoms with E-state index in [0.717, 1.165) is 17.7 Å². The molecule has 2 atom stereocenters. The number of hydrogen-bond acceptors (Lipinski definition) is 2. The minimum atomic E-state index is -0.267. The number of benzene rings is 2. The Morgan fingerprint density at radius 3 is 2.68 bits per heavy atom. The summed E-state index contributed by atoms with van der Waals surface area (Å²) in [4.78, 5) is 0. The van der Waals surface area contributed by atoms with E-state index in [2.05, 4.69) is 6.07 Å². The summed E-state index contributed by atoms with van der Waals surface area (Å²) in [5.74, 6) is 0.910. The average Bonchev–Trinajstić information content (AvgIpc) is 2.81. The number of ether oxygens (including phenoxy) is 1. The van der Waals surface area contributed by atoms with Crippen LogP contribution in [0.3, 0.4) is 0 Å². The van der Waals surface area contributed by atoms with Crippen LogP contribution in [0.15, 0.2) is 42.5 Å². The lowest BCUT2D eigenvalue weighted by molar-refractivity contribution is 0.200. The van der Waals surface area contributed by atoms with Crippen molar-refractivity contribution in [1.29, 1.82) is 0 Å². The summed E-state index contributed by atoms with van der Waals surface area (Å²) in [6, 6.07) is 13.1. The molecular formula is C15H13Cl2NO. The molecule has 0 bridgehead atoms. The number of fused-ring (bicyclic) bond motifs is 1. The van der Waals surface area contributed by atoms with Crippen LogP contribution >= 0.6 is 23.2 Å². The van der Waals surface area contributed by atoms with Gasteiger partial charge in [-0.05, 0) is 29.3 Å². The number of hydrogen-bond donors (Lipinski definition) is 1. The van der Waals surface area contributed by atoms with Gasteiger partial charge in [0, 0.05) is 16.5 Å². The van der Waals surface area contributed by atoms with Crippen LogP contribution in [0.25, 0.3) is 0 Å². The van der Waals surface area contributed by atoms with Gasteiger partial charge in [0.25, 0.3) is 0 Å². The molecule has 2 N–H and O–H groups in total. The summed E-state index contributed by atoms with van der Waals surface area (Å²) in [5.41, 5.74) is 8.33. The Morgan fingerprint density at radius 1 is 1.16 bits per heavy atom. The van der Waals surface area contributed by atoms with E-state index in [9.17, 15) is 0 Å². The van der Waals surface area contributed by atoms with Crippen molar-refractivity contribution in [2.45, 2.75) is 18.6 Å². The van der Waals surface area contributed by atoms with Crippen LogP contribution in [0.5, 0.6) is 5.75 Å². The van der Waals surface area contributed by atoms with Crippen molar-refractivity contribution in [3.63, 3.8) is 0 Å².